The molecule has 0 aliphatic heterocycles. The maximum atomic E-state index is 12.0. The molecule has 0 radical (unpaired) electrons. The van der Waals surface area contributed by atoms with Crippen LogP contribution >= 0.6 is 0 Å². The standard InChI is InChI=1S/C13H17N3O6/c1-2-11(17)15-10(7-12(18)19)13(20)14-8-3-5-9(6-4-8)16(21)22/h3-6,10,21-22H,2,7H2,1H3,(H,14,20)(H,15,17)(H,18,19)/t10-/m0/s1. The molecule has 120 valence electrons. The maximum Gasteiger partial charge on any atom is 0.305 e. The van der Waals surface area contributed by atoms with Crippen molar-refractivity contribution in [3.8, 4) is 0 Å². The quantitative estimate of drug-likeness (QED) is 0.464. The molecule has 1 aromatic rings. The van der Waals surface area contributed by atoms with Crippen molar-refractivity contribution in [1.82, 2.24) is 5.32 Å². The second-order valence-corrected chi connectivity index (χ2v) is 4.40. The van der Waals surface area contributed by atoms with E-state index in [4.69, 9.17) is 15.5 Å². The first-order chi connectivity index (χ1) is 10.3. The molecule has 0 unspecified atom stereocenters. The minimum absolute atomic E-state index is 0.0828. The molecule has 0 aromatic heterocycles. The number of nitrogens with one attached hydrogen (secondary N) is 2. The summed E-state index contributed by atoms with van der Waals surface area (Å²) in [6, 6.07) is 4.24. The Morgan fingerprint density at radius 1 is 1.18 bits per heavy atom. The van der Waals surface area contributed by atoms with Crippen LogP contribution in [0.4, 0.5) is 11.4 Å². The summed E-state index contributed by atoms with van der Waals surface area (Å²) in [4.78, 5) is 34.1. The van der Waals surface area contributed by atoms with Gasteiger partial charge in [-0.25, -0.2) is 0 Å². The largest absolute Gasteiger partial charge is 0.481 e. The summed E-state index contributed by atoms with van der Waals surface area (Å²) in [6.07, 6.45) is -0.419. The Hall–Kier alpha value is -2.65. The number of anilines is 2. The number of nitrogens with zero attached hydrogens (tertiary/aromatic N) is 1. The Kier molecular flexibility index (Phi) is 6.29. The van der Waals surface area contributed by atoms with Crippen LogP contribution in [-0.2, 0) is 14.4 Å². The van der Waals surface area contributed by atoms with Crippen LogP contribution in [-0.4, -0.2) is 39.3 Å². The topological polar surface area (TPSA) is 139 Å². The van der Waals surface area contributed by atoms with Crippen LogP contribution < -0.4 is 15.9 Å². The smallest absolute Gasteiger partial charge is 0.305 e. The normalized spacial score (nSPS) is 11.4. The molecule has 0 heterocycles. The van der Waals surface area contributed by atoms with Gasteiger partial charge in [0, 0.05) is 12.1 Å². The highest BCUT2D eigenvalue weighted by atomic mass is 16.8. The number of carboxylic acids is 1. The van der Waals surface area contributed by atoms with E-state index in [0.717, 1.165) is 0 Å². The summed E-state index contributed by atoms with van der Waals surface area (Å²) in [5.74, 6) is -2.34. The highest BCUT2D eigenvalue weighted by Crippen LogP contribution is 2.15. The second-order valence-electron chi connectivity index (χ2n) is 4.40. The van der Waals surface area contributed by atoms with Crippen molar-refractivity contribution in [2.45, 2.75) is 25.8 Å². The highest BCUT2D eigenvalue weighted by Gasteiger charge is 2.23. The van der Waals surface area contributed by atoms with Crippen molar-refractivity contribution in [3.05, 3.63) is 24.3 Å². The van der Waals surface area contributed by atoms with Gasteiger partial charge in [-0.2, -0.15) is 0 Å². The Morgan fingerprint density at radius 2 is 1.77 bits per heavy atom. The van der Waals surface area contributed by atoms with Gasteiger partial charge in [0.1, 0.15) is 6.04 Å². The van der Waals surface area contributed by atoms with E-state index in [2.05, 4.69) is 10.6 Å². The van der Waals surface area contributed by atoms with Gasteiger partial charge in [-0.15, -0.1) is 5.23 Å². The second kappa shape index (κ2) is 7.96. The van der Waals surface area contributed by atoms with Gasteiger partial charge in [-0.3, -0.25) is 24.8 Å². The van der Waals surface area contributed by atoms with E-state index in [1.807, 2.05) is 0 Å². The van der Waals surface area contributed by atoms with E-state index in [9.17, 15) is 14.4 Å². The van der Waals surface area contributed by atoms with Crippen LogP contribution in [0, 0.1) is 0 Å². The molecule has 5 N–H and O–H groups in total. The third-order valence-electron chi connectivity index (χ3n) is 2.72. The fourth-order valence-electron chi connectivity index (χ4n) is 1.59. The van der Waals surface area contributed by atoms with Gasteiger partial charge in [-0.1, -0.05) is 6.92 Å². The minimum atomic E-state index is -1.22. The number of rotatable bonds is 7. The first-order valence-corrected chi connectivity index (χ1v) is 6.43. The Balaban J connectivity index is 2.76. The SMILES string of the molecule is CCC(=O)N[C@@H](CC(=O)O)C(=O)Nc1ccc(N(O)O)cc1. The molecule has 2 amide bonds. The van der Waals surface area contributed by atoms with E-state index in [-0.39, 0.29) is 17.3 Å². The predicted molar refractivity (Wildman–Crippen MR) is 75.6 cm³/mol. The maximum absolute atomic E-state index is 12.0. The molecule has 1 atom stereocenters. The third-order valence-corrected chi connectivity index (χ3v) is 2.72. The molecule has 0 bridgehead atoms. The number of hydrogen-bond acceptors (Lipinski definition) is 6. The van der Waals surface area contributed by atoms with Crippen molar-refractivity contribution < 1.29 is 29.9 Å². The number of carbonyl (C=O) groups is 3. The van der Waals surface area contributed by atoms with E-state index in [1.165, 1.54) is 24.3 Å². The first-order valence-electron chi connectivity index (χ1n) is 6.43. The molecule has 9 heteroatoms. The molecular weight excluding hydrogens is 294 g/mol. The molecule has 0 aliphatic rings. The summed E-state index contributed by atoms with van der Waals surface area (Å²) >= 11 is 0. The summed E-state index contributed by atoms with van der Waals surface area (Å²) in [5.41, 5.74) is 0.399. The molecule has 0 saturated carbocycles. The molecule has 22 heavy (non-hydrogen) atoms. The predicted octanol–water partition coefficient (Wildman–Crippen LogP) is 0.579. The van der Waals surface area contributed by atoms with Crippen molar-refractivity contribution in [3.63, 3.8) is 0 Å². The fraction of sp³-hybridized carbons (Fsp3) is 0.308. The van der Waals surface area contributed by atoms with Crippen LogP contribution in [0.2, 0.25) is 0 Å². The van der Waals surface area contributed by atoms with Crippen molar-refractivity contribution in [2.75, 3.05) is 10.5 Å². The Labute approximate surface area is 126 Å². The van der Waals surface area contributed by atoms with Gasteiger partial charge >= 0.3 is 5.97 Å². The van der Waals surface area contributed by atoms with E-state index >= 15 is 0 Å². The lowest BCUT2D eigenvalue weighted by Gasteiger charge is -2.16. The van der Waals surface area contributed by atoms with Crippen LogP contribution in [0.3, 0.4) is 0 Å². The molecule has 9 nitrogen and oxygen atoms in total. The van der Waals surface area contributed by atoms with Gasteiger partial charge in [0.05, 0.1) is 12.1 Å². The molecular formula is C13H17N3O6. The average Bonchev–Trinajstić information content (AvgIpc) is 2.46. The van der Waals surface area contributed by atoms with Gasteiger partial charge in [0.15, 0.2) is 0 Å². The van der Waals surface area contributed by atoms with E-state index < -0.39 is 30.2 Å². The van der Waals surface area contributed by atoms with Crippen molar-refractivity contribution in [1.29, 1.82) is 0 Å². The molecule has 1 rings (SSSR count). The summed E-state index contributed by atoms with van der Waals surface area (Å²) in [6.45, 7) is 1.58. The van der Waals surface area contributed by atoms with Crippen molar-refractivity contribution in [2.24, 2.45) is 0 Å². The number of carbonyl (C=O) groups excluding carboxylic acids is 2. The number of aliphatic carboxylic acids is 1. The lowest BCUT2D eigenvalue weighted by molar-refractivity contribution is -0.139. The lowest BCUT2D eigenvalue weighted by Crippen LogP contribution is -2.44. The van der Waals surface area contributed by atoms with Crippen LogP contribution in [0.25, 0.3) is 0 Å². The van der Waals surface area contributed by atoms with Gasteiger partial charge in [-0.05, 0) is 24.3 Å². The summed E-state index contributed by atoms with van der Waals surface area (Å²) in [7, 11) is 0. The van der Waals surface area contributed by atoms with E-state index in [0.29, 0.717) is 5.69 Å². The first kappa shape index (κ1) is 17.4. The number of carboxylic acid groups (broad SMARTS) is 1. The number of amides is 2. The zero-order valence-corrected chi connectivity index (χ0v) is 11.8. The molecule has 1 aromatic carbocycles. The average molecular weight is 311 g/mol. The Bertz CT molecular complexity index is 543. The zero-order chi connectivity index (χ0) is 16.7. The minimum Gasteiger partial charge on any atom is -0.481 e. The number of hydrogen-bond donors (Lipinski definition) is 5. The van der Waals surface area contributed by atoms with Crippen molar-refractivity contribution >= 4 is 29.2 Å². The Morgan fingerprint density at radius 3 is 2.23 bits per heavy atom. The zero-order valence-electron chi connectivity index (χ0n) is 11.8. The van der Waals surface area contributed by atoms with Crippen LogP contribution in [0.1, 0.15) is 19.8 Å². The third kappa shape index (κ3) is 5.38. The van der Waals surface area contributed by atoms with Gasteiger partial charge in [0.2, 0.25) is 11.8 Å². The lowest BCUT2D eigenvalue weighted by atomic mass is 10.1. The monoisotopic (exact) mass is 311 g/mol. The van der Waals surface area contributed by atoms with E-state index in [1.54, 1.807) is 6.92 Å². The highest BCUT2D eigenvalue weighted by molar-refractivity contribution is 5.99. The van der Waals surface area contributed by atoms with Gasteiger partial charge < -0.3 is 15.7 Å². The molecule has 0 fully saturated rings. The summed E-state index contributed by atoms with van der Waals surface area (Å²) < 4.78 is 0. The molecule has 0 saturated heterocycles. The van der Waals surface area contributed by atoms with Crippen LogP contribution in [0.5, 0.6) is 0 Å². The van der Waals surface area contributed by atoms with Crippen LogP contribution in [0.15, 0.2) is 24.3 Å². The molecule has 0 aliphatic carbocycles. The summed E-state index contributed by atoms with van der Waals surface area (Å²) in [5, 5.41) is 31.1. The fourth-order valence-corrected chi connectivity index (χ4v) is 1.59. The number of benzene rings is 1. The van der Waals surface area contributed by atoms with Gasteiger partial charge in [0.25, 0.3) is 0 Å². The molecule has 0 spiro atoms.